The fraction of sp³-hybridized carbons (Fsp3) is 0.357. The fourth-order valence-corrected chi connectivity index (χ4v) is 5.49. The highest BCUT2D eigenvalue weighted by molar-refractivity contribution is 5.94. The quantitative estimate of drug-likeness (QED) is 0.331. The summed E-state index contributed by atoms with van der Waals surface area (Å²) in [5, 5.41) is 6.10. The number of nitrogen functional groups attached to an aromatic ring is 1. The van der Waals surface area contributed by atoms with Gasteiger partial charge in [-0.25, -0.2) is 24.0 Å². The molecule has 0 radical (unpaired) electrons. The van der Waals surface area contributed by atoms with Crippen molar-refractivity contribution in [2.75, 3.05) is 30.3 Å². The summed E-state index contributed by atoms with van der Waals surface area (Å²) in [7, 11) is 0. The normalized spacial score (nSPS) is 23.2. The second-order valence-corrected chi connectivity index (χ2v) is 10.6. The average molecular weight is 544 g/mol. The third-order valence-corrected chi connectivity index (χ3v) is 7.83. The predicted octanol–water partition coefficient (Wildman–Crippen LogP) is 3.15. The zero-order valence-electron chi connectivity index (χ0n) is 22.2. The van der Waals surface area contributed by atoms with E-state index in [-0.39, 0.29) is 12.6 Å². The number of benzene rings is 1. The molecule has 6 heterocycles. The van der Waals surface area contributed by atoms with E-state index in [1.165, 1.54) is 6.33 Å². The molecule has 2 aliphatic heterocycles. The smallest absolute Gasteiger partial charge is 0.167 e. The van der Waals surface area contributed by atoms with E-state index in [1.807, 2.05) is 56.4 Å². The van der Waals surface area contributed by atoms with E-state index in [9.17, 15) is 0 Å². The molecule has 7 rings (SSSR count). The summed E-state index contributed by atoms with van der Waals surface area (Å²) < 4.78 is 31.5. The van der Waals surface area contributed by atoms with Crippen LogP contribution in [0.4, 0.5) is 16.0 Å². The van der Waals surface area contributed by atoms with Crippen LogP contribution in [-0.4, -0.2) is 67.3 Å². The zero-order valence-corrected chi connectivity index (χ0v) is 22.2. The van der Waals surface area contributed by atoms with Gasteiger partial charge in [-0.1, -0.05) is 6.92 Å². The van der Waals surface area contributed by atoms with Crippen molar-refractivity contribution < 1.29 is 13.9 Å². The number of anilines is 2. The number of ether oxygens (including phenoxy) is 2. The maximum atomic E-state index is 15.8. The lowest BCUT2D eigenvalue weighted by molar-refractivity contribution is -0.0334. The Balaban J connectivity index is 1.12. The van der Waals surface area contributed by atoms with E-state index in [2.05, 4.69) is 20.0 Å². The van der Waals surface area contributed by atoms with Crippen molar-refractivity contribution in [2.45, 2.75) is 38.4 Å². The number of rotatable bonds is 6. The lowest BCUT2D eigenvalue weighted by Crippen LogP contribution is -2.56. The van der Waals surface area contributed by atoms with Crippen LogP contribution >= 0.6 is 0 Å². The maximum Gasteiger partial charge on any atom is 0.167 e. The van der Waals surface area contributed by atoms with Gasteiger partial charge in [-0.15, -0.1) is 0 Å². The van der Waals surface area contributed by atoms with Crippen LogP contribution in [0, 0.1) is 12.8 Å². The molecular formula is C28H30FN9O2. The van der Waals surface area contributed by atoms with Crippen LogP contribution in [0.2, 0.25) is 0 Å². The Morgan fingerprint density at radius 3 is 2.75 bits per heavy atom. The minimum Gasteiger partial charge on any atom is -0.491 e. The third-order valence-electron chi connectivity index (χ3n) is 7.83. The van der Waals surface area contributed by atoms with E-state index >= 15 is 4.39 Å². The Hall–Kier alpha value is -4.29. The molecule has 2 fully saturated rings. The second-order valence-electron chi connectivity index (χ2n) is 10.6. The molecule has 5 aromatic rings. The van der Waals surface area contributed by atoms with Crippen LogP contribution < -0.4 is 21.1 Å². The lowest BCUT2D eigenvalue weighted by Gasteiger charge is -2.37. The summed E-state index contributed by atoms with van der Waals surface area (Å²) in [5.41, 5.74) is 15.0. The molecule has 0 aliphatic carbocycles. The number of hydrogen-bond acceptors (Lipinski definition) is 9. The summed E-state index contributed by atoms with van der Waals surface area (Å²) in [6, 6.07) is 11.9. The third kappa shape index (κ3) is 4.11. The fourth-order valence-electron chi connectivity index (χ4n) is 5.49. The zero-order chi connectivity index (χ0) is 27.5. The van der Waals surface area contributed by atoms with Crippen molar-refractivity contribution in [3.63, 3.8) is 0 Å². The molecule has 2 aliphatic rings. The lowest BCUT2D eigenvalue weighted by atomic mass is 10.0. The highest BCUT2D eigenvalue weighted by Crippen LogP contribution is 2.40. The molecule has 0 spiro atoms. The van der Waals surface area contributed by atoms with Crippen LogP contribution in [0.15, 0.2) is 55.1 Å². The first-order valence-corrected chi connectivity index (χ1v) is 13.3. The Morgan fingerprint density at radius 2 is 1.98 bits per heavy atom. The first kappa shape index (κ1) is 24.7. The van der Waals surface area contributed by atoms with E-state index in [0.29, 0.717) is 28.3 Å². The topological polar surface area (TPSA) is 135 Å². The van der Waals surface area contributed by atoms with Gasteiger partial charge < -0.3 is 30.4 Å². The first-order valence-electron chi connectivity index (χ1n) is 13.3. The summed E-state index contributed by atoms with van der Waals surface area (Å²) >= 11 is 0. The number of alkyl halides is 1. The first-order chi connectivity index (χ1) is 19.4. The van der Waals surface area contributed by atoms with Gasteiger partial charge >= 0.3 is 0 Å². The second kappa shape index (κ2) is 9.42. The van der Waals surface area contributed by atoms with Gasteiger partial charge in [0.15, 0.2) is 12.4 Å². The summed E-state index contributed by atoms with van der Waals surface area (Å²) in [6.45, 7) is 5.51. The van der Waals surface area contributed by atoms with Crippen molar-refractivity contribution in [3.05, 3.63) is 60.8 Å². The van der Waals surface area contributed by atoms with Crippen LogP contribution in [0.25, 0.3) is 27.6 Å². The molecule has 12 heteroatoms. The molecule has 40 heavy (non-hydrogen) atoms. The number of halogens is 1. The molecule has 206 valence electrons. The Labute approximate surface area is 229 Å². The van der Waals surface area contributed by atoms with E-state index in [1.54, 1.807) is 15.4 Å². The number of hydrogen-bond donors (Lipinski definition) is 2. The molecular weight excluding hydrogens is 513 g/mol. The number of aryl methyl sites for hydroxylation is 1. The maximum absolute atomic E-state index is 15.8. The molecule has 1 unspecified atom stereocenters. The molecule has 2 saturated heterocycles. The highest BCUT2D eigenvalue weighted by atomic mass is 19.1. The standard InChI is InChI=1S/C28H30FN9O2/c1-15-7-8-38(35-15)21-12-37(27-24(21)26(31)32-14-33-27)28-25(29)16(2)22(40-28)13-39-19-5-3-17-4-6-23(34-20(17)9-19)36-10-18(30)11-36/h3-9,12,14,16,18,22,25,28H,10-11,13,30H2,1-2H3,(H2,31,32,33)/t16-,22?,25+,28-/m1/s1. The van der Waals surface area contributed by atoms with E-state index in [0.717, 1.165) is 35.5 Å². The minimum atomic E-state index is -1.30. The van der Waals surface area contributed by atoms with Crippen molar-refractivity contribution >= 4 is 33.6 Å². The Morgan fingerprint density at radius 1 is 1.15 bits per heavy atom. The van der Waals surface area contributed by atoms with Crippen LogP contribution in [-0.2, 0) is 4.74 Å². The van der Waals surface area contributed by atoms with Crippen molar-refractivity contribution in [2.24, 2.45) is 11.7 Å². The van der Waals surface area contributed by atoms with Gasteiger partial charge in [0.1, 0.15) is 36.0 Å². The Kier molecular flexibility index (Phi) is 5.82. The minimum absolute atomic E-state index is 0.186. The molecule has 0 amide bonds. The van der Waals surface area contributed by atoms with Crippen molar-refractivity contribution in [1.82, 2.24) is 29.3 Å². The predicted molar refractivity (Wildman–Crippen MR) is 149 cm³/mol. The number of nitrogens with two attached hydrogens (primary N) is 2. The average Bonchev–Trinajstić information content (AvgIpc) is 3.61. The number of aromatic nitrogens is 6. The van der Waals surface area contributed by atoms with Crippen molar-refractivity contribution in [1.29, 1.82) is 0 Å². The number of fused-ring (bicyclic) bond motifs is 2. The molecule has 0 bridgehead atoms. The molecule has 4 aromatic heterocycles. The van der Waals surface area contributed by atoms with Crippen LogP contribution in [0.3, 0.4) is 0 Å². The van der Waals surface area contributed by atoms with Crippen LogP contribution in [0.5, 0.6) is 5.75 Å². The SMILES string of the molecule is Cc1ccn(-c2cn([C@@H]3OC(COc4ccc5ccc(N6CC(N)C6)nc5c4)[C@@H](C)[C@@H]3F)c3ncnc(N)c23)n1. The van der Waals surface area contributed by atoms with Gasteiger partial charge in [0.25, 0.3) is 0 Å². The van der Waals surface area contributed by atoms with Crippen LogP contribution in [0.1, 0.15) is 18.8 Å². The monoisotopic (exact) mass is 543 g/mol. The van der Waals surface area contributed by atoms with Gasteiger partial charge in [-0.3, -0.25) is 0 Å². The number of nitrogens with zero attached hydrogens (tertiary/aromatic N) is 7. The molecule has 0 saturated carbocycles. The summed E-state index contributed by atoms with van der Waals surface area (Å²) in [5.74, 6) is 1.42. The molecule has 4 N–H and O–H groups in total. The Bertz CT molecular complexity index is 1710. The van der Waals surface area contributed by atoms with Gasteiger partial charge in [-0.2, -0.15) is 5.10 Å². The number of pyridine rings is 1. The van der Waals surface area contributed by atoms with Gasteiger partial charge in [-0.05, 0) is 37.3 Å². The van der Waals surface area contributed by atoms with Gasteiger partial charge in [0.2, 0.25) is 0 Å². The highest BCUT2D eigenvalue weighted by Gasteiger charge is 2.44. The van der Waals surface area contributed by atoms with E-state index < -0.39 is 24.4 Å². The van der Waals surface area contributed by atoms with Crippen molar-refractivity contribution in [3.8, 4) is 11.4 Å². The molecule has 11 nitrogen and oxygen atoms in total. The van der Waals surface area contributed by atoms with Gasteiger partial charge in [0.05, 0.1) is 28.4 Å². The summed E-state index contributed by atoms with van der Waals surface area (Å²) in [4.78, 5) is 15.5. The summed E-state index contributed by atoms with van der Waals surface area (Å²) in [6.07, 6.45) is 2.28. The van der Waals surface area contributed by atoms with Gasteiger partial charge in [0, 0.05) is 48.9 Å². The van der Waals surface area contributed by atoms with E-state index in [4.69, 9.17) is 25.9 Å². The molecule has 1 aromatic carbocycles. The largest absolute Gasteiger partial charge is 0.491 e. The molecule has 4 atom stereocenters.